The van der Waals surface area contributed by atoms with E-state index in [-0.39, 0.29) is 17.7 Å². The molecule has 1 aliphatic rings. The van der Waals surface area contributed by atoms with Gasteiger partial charge in [-0.2, -0.15) is 0 Å². The van der Waals surface area contributed by atoms with Crippen molar-refractivity contribution in [1.29, 1.82) is 0 Å². The lowest BCUT2D eigenvalue weighted by molar-refractivity contribution is -0.121. The third kappa shape index (κ3) is 3.78. The van der Waals surface area contributed by atoms with Crippen LogP contribution in [0.15, 0.2) is 48.8 Å². The Hall–Kier alpha value is -2.73. The molecular formula is C18H20N4O2. The highest BCUT2D eigenvalue weighted by Gasteiger charge is 2.28. The Labute approximate surface area is 140 Å². The highest BCUT2D eigenvalue weighted by atomic mass is 16.2. The van der Waals surface area contributed by atoms with Gasteiger partial charge in [0, 0.05) is 35.2 Å². The third-order valence-electron chi connectivity index (χ3n) is 4.26. The molecule has 1 saturated heterocycles. The van der Waals surface area contributed by atoms with Gasteiger partial charge in [0.15, 0.2) is 0 Å². The van der Waals surface area contributed by atoms with Crippen LogP contribution in [0.1, 0.15) is 17.3 Å². The fraction of sp³-hybridized carbons (Fsp3) is 0.278. The van der Waals surface area contributed by atoms with Gasteiger partial charge in [-0.3, -0.25) is 14.6 Å². The van der Waals surface area contributed by atoms with Crippen LogP contribution in [-0.4, -0.2) is 29.9 Å². The fourth-order valence-electron chi connectivity index (χ4n) is 2.51. The minimum atomic E-state index is -0.228. The summed E-state index contributed by atoms with van der Waals surface area (Å²) in [4.78, 5) is 28.5. The van der Waals surface area contributed by atoms with Crippen LogP contribution in [0.2, 0.25) is 0 Å². The Morgan fingerprint density at radius 1 is 1.12 bits per heavy atom. The number of carbonyl (C=O) groups is 2. The number of anilines is 2. The van der Waals surface area contributed by atoms with Crippen molar-refractivity contribution in [3.8, 4) is 0 Å². The van der Waals surface area contributed by atoms with Crippen LogP contribution in [0.25, 0.3) is 0 Å². The minimum absolute atomic E-state index is 0.0202. The fourth-order valence-corrected chi connectivity index (χ4v) is 2.51. The highest BCUT2D eigenvalue weighted by molar-refractivity contribution is 6.05. The summed E-state index contributed by atoms with van der Waals surface area (Å²) < 4.78 is 0. The Kier molecular flexibility index (Phi) is 4.86. The van der Waals surface area contributed by atoms with Gasteiger partial charge in [-0.15, -0.1) is 0 Å². The minimum Gasteiger partial charge on any atom is -0.326 e. The molecule has 1 aromatic carbocycles. The number of amides is 2. The molecule has 2 heterocycles. The van der Waals surface area contributed by atoms with E-state index in [1.54, 1.807) is 48.8 Å². The van der Waals surface area contributed by atoms with Gasteiger partial charge < -0.3 is 16.0 Å². The lowest BCUT2D eigenvalue weighted by atomic mass is 9.88. The standard InChI is InChI=1S/C18H20N4O2/c1-12(14-10-20-11-14)17(23)22-16-4-2-3-13(9-16)18(24)21-15-5-7-19-8-6-15/h2-9,12,14,20H,10-11H2,1H3,(H,22,23)(H,19,21,24). The van der Waals surface area contributed by atoms with Crippen LogP contribution in [0.3, 0.4) is 0 Å². The predicted octanol–water partition coefficient (Wildman–Crippen LogP) is 2.13. The average molecular weight is 324 g/mol. The summed E-state index contributed by atoms with van der Waals surface area (Å²) in [5.74, 6) is 0.0745. The van der Waals surface area contributed by atoms with Crippen molar-refractivity contribution in [2.45, 2.75) is 6.92 Å². The van der Waals surface area contributed by atoms with E-state index in [9.17, 15) is 9.59 Å². The Bertz CT molecular complexity index is 729. The first-order chi connectivity index (χ1) is 11.6. The largest absolute Gasteiger partial charge is 0.326 e. The van der Waals surface area contributed by atoms with Crippen molar-refractivity contribution in [3.05, 3.63) is 54.4 Å². The van der Waals surface area contributed by atoms with Crippen LogP contribution in [-0.2, 0) is 4.79 Å². The molecule has 1 aliphatic heterocycles. The van der Waals surface area contributed by atoms with E-state index in [4.69, 9.17) is 0 Å². The average Bonchev–Trinajstić information content (AvgIpc) is 2.54. The van der Waals surface area contributed by atoms with E-state index in [0.717, 1.165) is 13.1 Å². The molecule has 0 radical (unpaired) electrons. The monoisotopic (exact) mass is 324 g/mol. The van der Waals surface area contributed by atoms with Crippen LogP contribution in [0.4, 0.5) is 11.4 Å². The summed E-state index contributed by atoms with van der Waals surface area (Å²) in [5, 5.41) is 8.86. The maximum Gasteiger partial charge on any atom is 0.255 e. The molecule has 124 valence electrons. The number of hydrogen-bond donors (Lipinski definition) is 3. The first kappa shape index (κ1) is 16.1. The maximum absolute atomic E-state index is 12.3. The number of nitrogens with one attached hydrogen (secondary N) is 3. The SMILES string of the molecule is CC(C(=O)Nc1cccc(C(=O)Nc2ccncc2)c1)C1CNC1. The smallest absolute Gasteiger partial charge is 0.255 e. The molecule has 0 saturated carbocycles. The second kappa shape index (κ2) is 7.23. The van der Waals surface area contributed by atoms with E-state index in [1.165, 1.54) is 0 Å². The molecule has 0 bridgehead atoms. The van der Waals surface area contributed by atoms with Crippen LogP contribution in [0.5, 0.6) is 0 Å². The number of pyridine rings is 1. The number of rotatable bonds is 5. The van der Waals surface area contributed by atoms with Gasteiger partial charge in [-0.25, -0.2) is 0 Å². The predicted molar refractivity (Wildman–Crippen MR) is 92.8 cm³/mol. The lowest BCUT2D eigenvalue weighted by Crippen LogP contribution is -2.48. The number of benzene rings is 1. The van der Waals surface area contributed by atoms with Crippen LogP contribution in [0, 0.1) is 11.8 Å². The van der Waals surface area contributed by atoms with Crippen molar-refractivity contribution in [1.82, 2.24) is 10.3 Å². The number of hydrogen-bond acceptors (Lipinski definition) is 4. The third-order valence-corrected chi connectivity index (χ3v) is 4.26. The highest BCUT2D eigenvalue weighted by Crippen LogP contribution is 2.19. The number of carbonyl (C=O) groups excluding carboxylic acids is 2. The summed E-state index contributed by atoms with van der Waals surface area (Å²) in [7, 11) is 0. The summed E-state index contributed by atoms with van der Waals surface area (Å²) in [5.41, 5.74) is 1.79. The quantitative estimate of drug-likeness (QED) is 0.787. The van der Waals surface area contributed by atoms with E-state index in [0.29, 0.717) is 22.9 Å². The zero-order valence-corrected chi connectivity index (χ0v) is 13.5. The maximum atomic E-state index is 12.3. The van der Waals surface area contributed by atoms with Gasteiger partial charge >= 0.3 is 0 Å². The van der Waals surface area contributed by atoms with E-state index < -0.39 is 0 Å². The second-order valence-corrected chi connectivity index (χ2v) is 5.97. The number of aromatic nitrogens is 1. The van der Waals surface area contributed by atoms with E-state index >= 15 is 0 Å². The Balaban J connectivity index is 1.65. The van der Waals surface area contributed by atoms with E-state index in [2.05, 4.69) is 20.9 Å². The summed E-state index contributed by atoms with van der Waals surface area (Å²) >= 11 is 0. The number of nitrogens with zero attached hydrogens (tertiary/aromatic N) is 1. The molecule has 2 amide bonds. The normalized spacial score (nSPS) is 15.2. The summed E-state index contributed by atoms with van der Waals surface area (Å²) in [6.07, 6.45) is 3.23. The molecule has 6 heteroatoms. The van der Waals surface area contributed by atoms with Crippen molar-refractivity contribution >= 4 is 23.2 Å². The lowest BCUT2D eigenvalue weighted by Gasteiger charge is -2.31. The van der Waals surface area contributed by atoms with Gasteiger partial charge in [0.05, 0.1) is 0 Å². The van der Waals surface area contributed by atoms with Crippen LogP contribution >= 0.6 is 0 Å². The zero-order valence-electron chi connectivity index (χ0n) is 13.5. The molecule has 0 spiro atoms. The molecule has 1 aromatic heterocycles. The molecule has 1 atom stereocenters. The van der Waals surface area contributed by atoms with Crippen molar-refractivity contribution in [2.75, 3.05) is 23.7 Å². The van der Waals surface area contributed by atoms with E-state index in [1.807, 2.05) is 6.92 Å². The molecule has 1 unspecified atom stereocenters. The van der Waals surface area contributed by atoms with Gasteiger partial charge in [0.25, 0.3) is 5.91 Å². The van der Waals surface area contributed by atoms with Crippen molar-refractivity contribution < 1.29 is 9.59 Å². The molecule has 1 fully saturated rings. The van der Waals surface area contributed by atoms with Gasteiger partial charge in [0.2, 0.25) is 5.91 Å². The molecule has 6 nitrogen and oxygen atoms in total. The second-order valence-electron chi connectivity index (χ2n) is 5.97. The molecule has 24 heavy (non-hydrogen) atoms. The Morgan fingerprint density at radius 2 is 1.88 bits per heavy atom. The summed E-state index contributed by atoms with van der Waals surface area (Å²) in [6, 6.07) is 10.4. The molecular weight excluding hydrogens is 304 g/mol. The first-order valence-corrected chi connectivity index (χ1v) is 7.96. The van der Waals surface area contributed by atoms with Gasteiger partial charge in [0.1, 0.15) is 0 Å². The molecule has 2 aromatic rings. The van der Waals surface area contributed by atoms with Crippen molar-refractivity contribution in [2.24, 2.45) is 11.8 Å². The topological polar surface area (TPSA) is 83.1 Å². The summed E-state index contributed by atoms with van der Waals surface area (Å²) in [6.45, 7) is 3.69. The molecule has 0 aliphatic carbocycles. The Morgan fingerprint density at radius 3 is 2.54 bits per heavy atom. The van der Waals surface area contributed by atoms with Crippen molar-refractivity contribution in [3.63, 3.8) is 0 Å². The zero-order chi connectivity index (χ0) is 16.9. The first-order valence-electron chi connectivity index (χ1n) is 7.96. The van der Waals surface area contributed by atoms with Gasteiger partial charge in [-0.1, -0.05) is 13.0 Å². The van der Waals surface area contributed by atoms with Crippen LogP contribution < -0.4 is 16.0 Å². The van der Waals surface area contributed by atoms with Gasteiger partial charge in [-0.05, 0) is 49.3 Å². The molecule has 3 N–H and O–H groups in total. The molecule has 3 rings (SSSR count).